The van der Waals surface area contributed by atoms with E-state index >= 15 is 0 Å². The molecule has 1 amide bonds. The Bertz CT molecular complexity index is 1170. The molecule has 3 rings (SSSR count). The van der Waals surface area contributed by atoms with Gasteiger partial charge in [0.25, 0.3) is 10.0 Å². The summed E-state index contributed by atoms with van der Waals surface area (Å²) in [4.78, 5) is 12.2. The molecule has 0 aliphatic heterocycles. The number of amides is 1. The Kier molecular flexibility index (Phi) is 6.59. The molecule has 0 fully saturated rings. The fourth-order valence-corrected chi connectivity index (χ4v) is 4.06. The van der Waals surface area contributed by atoms with Crippen molar-refractivity contribution in [1.82, 2.24) is 0 Å². The molecule has 154 valence electrons. The van der Waals surface area contributed by atoms with Crippen LogP contribution in [0.15, 0.2) is 77.7 Å². The summed E-state index contributed by atoms with van der Waals surface area (Å²) in [5.41, 5.74) is 3.78. The fraction of sp³-hybridized carbons (Fsp3) is 0.0870. The van der Waals surface area contributed by atoms with Gasteiger partial charge in [0.2, 0.25) is 5.91 Å². The summed E-state index contributed by atoms with van der Waals surface area (Å²) in [6.07, 6.45) is 3.06. The zero-order chi connectivity index (χ0) is 21.7. The highest BCUT2D eigenvalue weighted by atomic mass is 35.5. The van der Waals surface area contributed by atoms with Gasteiger partial charge < -0.3 is 5.32 Å². The van der Waals surface area contributed by atoms with Crippen molar-refractivity contribution in [3.63, 3.8) is 0 Å². The number of halogens is 1. The second-order valence-electron chi connectivity index (χ2n) is 6.88. The van der Waals surface area contributed by atoms with Crippen LogP contribution in [0, 0.1) is 13.8 Å². The lowest BCUT2D eigenvalue weighted by atomic mass is 10.1. The largest absolute Gasteiger partial charge is 0.323 e. The lowest BCUT2D eigenvalue weighted by Gasteiger charge is -2.10. The number of anilines is 2. The average Bonchev–Trinajstić information content (AvgIpc) is 2.67. The molecule has 2 N–H and O–H groups in total. The quantitative estimate of drug-likeness (QED) is 0.503. The first-order valence-electron chi connectivity index (χ1n) is 9.17. The highest BCUT2D eigenvalue weighted by molar-refractivity contribution is 7.92. The number of hydrogen-bond donors (Lipinski definition) is 2. The summed E-state index contributed by atoms with van der Waals surface area (Å²) in [7, 11) is -3.73. The molecule has 3 aromatic rings. The van der Waals surface area contributed by atoms with Crippen LogP contribution < -0.4 is 10.0 Å². The predicted molar refractivity (Wildman–Crippen MR) is 122 cm³/mol. The topological polar surface area (TPSA) is 75.3 Å². The van der Waals surface area contributed by atoms with Crippen LogP contribution in [0.4, 0.5) is 11.4 Å². The van der Waals surface area contributed by atoms with Gasteiger partial charge in [-0.15, -0.1) is 0 Å². The highest BCUT2D eigenvalue weighted by Gasteiger charge is 2.14. The smallest absolute Gasteiger partial charge is 0.261 e. The summed E-state index contributed by atoms with van der Waals surface area (Å²) in [6.45, 7) is 3.81. The van der Waals surface area contributed by atoms with Gasteiger partial charge in [0.15, 0.2) is 0 Å². The fourth-order valence-electron chi connectivity index (χ4n) is 2.89. The monoisotopic (exact) mass is 440 g/mol. The second kappa shape index (κ2) is 9.15. The first-order valence-corrected chi connectivity index (χ1v) is 11.0. The van der Waals surface area contributed by atoms with Crippen molar-refractivity contribution in [2.24, 2.45) is 0 Å². The maximum atomic E-state index is 12.6. The Morgan fingerprint density at radius 1 is 0.867 bits per heavy atom. The Labute approximate surface area is 181 Å². The number of hydrogen-bond acceptors (Lipinski definition) is 3. The van der Waals surface area contributed by atoms with Crippen molar-refractivity contribution in [3.8, 4) is 0 Å². The number of sulfonamides is 1. The van der Waals surface area contributed by atoms with Crippen LogP contribution >= 0.6 is 11.6 Å². The van der Waals surface area contributed by atoms with Crippen LogP contribution in [0.1, 0.15) is 16.7 Å². The molecule has 30 heavy (non-hydrogen) atoms. The van der Waals surface area contributed by atoms with Crippen LogP contribution in [0.2, 0.25) is 5.02 Å². The molecular formula is C23H21ClN2O3S. The summed E-state index contributed by atoms with van der Waals surface area (Å²) < 4.78 is 27.8. The highest BCUT2D eigenvalue weighted by Crippen LogP contribution is 2.20. The molecule has 0 radical (unpaired) electrons. The van der Waals surface area contributed by atoms with Crippen molar-refractivity contribution in [2.75, 3.05) is 10.0 Å². The number of rotatable bonds is 6. The van der Waals surface area contributed by atoms with Crippen molar-refractivity contribution >= 4 is 45.0 Å². The van der Waals surface area contributed by atoms with Crippen LogP contribution in [0.25, 0.3) is 6.08 Å². The molecule has 0 saturated carbocycles. The summed E-state index contributed by atoms with van der Waals surface area (Å²) in [6, 6.07) is 18.6. The zero-order valence-electron chi connectivity index (χ0n) is 16.5. The van der Waals surface area contributed by atoms with Crippen molar-refractivity contribution < 1.29 is 13.2 Å². The molecule has 0 unspecified atom stereocenters. The van der Waals surface area contributed by atoms with Crippen LogP contribution in [-0.4, -0.2) is 14.3 Å². The number of carbonyl (C=O) groups is 1. The van der Waals surface area contributed by atoms with E-state index in [1.807, 2.05) is 19.9 Å². The molecule has 0 heterocycles. The lowest BCUT2D eigenvalue weighted by Crippen LogP contribution is -2.13. The minimum absolute atomic E-state index is 0.108. The van der Waals surface area contributed by atoms with Crippen LogP contribution in [0.3, 0.4) is 0 Å². The van der Waals surface area contributed by atoms with Gasteiger partial charge in [0.1, 0.15) is 0 Å². The Morgan fingerprint density at radius 3 is 2.07 bits per heavy atom. The lowest BCUT2D eigenvalue weighted by molar-refractivity contribution is -0.111. The first kappa shape index (κ1) is 21.6. The third kappa shape index (κ3) is 5.95. The maximum absolute atomic E-state index is 12.6. The Balaban J connectivity index is 1.66. The van der Waals surface area contributed by atoms with E-state index < -0.39 is 10.0 Å². The van der Waals surface area contributed by atoms with E-state index in [2.05, 4.69) is 10.0 Å². The van der Waals surface area contributed by atoms with E-state index in [4.69, 9.17) is 11.6 Å². The van der Waals surface area contributed by atoms with Gasteiger partial charge in [-0.25, -0.2) is 8.42 Å². The molecule has 0 bridgehead atoms. The van der Waals surface area contributed by atoms with Gasteiger partial charge in [-0.05, 0) is 85.1 Å². The third-order valence-electron chi connectivity index (χ3n) is 4.20. The SMILES string of the molecule is Cc1cc(C)cc(NS(=O)(=O)c2ccc(NC(=O)/C=C/c3ccc(Cl)cc3)cc2)c1. The molecule has 7 heteroatoms. The maximum Gasteiger partial charge on any atom is 0.261 e. The van der Waals surface area contributed by atoms with Crippen molar-refractivity contribution in [3.05, 3.63) is 94.5 Å². The standard InChI is InChI=1S/C23H21ClN2O3S/c1-16-13-17(2)15-21(14-16)26-30(28,29)22-10-8-20(9-11-22)25-23(27)12-5-18-3-6-19(24)7-4-18/h3-15,26H,1-2H3,(H,25,27)/b12-5+. The number of aryl methyl sites for hydroxylation is 2. The summed E-state index contributed by atoms with van der Waals surface area (Å²) in [5, 5.41) is 3.32. The van der Waals surface area contributed by atoms with Gasteiger partial charge in [0, 0.05) is 22.5 Å². The third-order valence-corrected chi connectivity index (χ3v) is 5.85. The number of carbonyl (C=O) groups excluding carboxylic acids is 1. The van der Waals surface area contributed by atoms with E-state index in [1.165, 1.54) is 18.2 Å². The predicted octanol–water partition coefficient (Wildman–Crippen LogP) is 5.41. The van der Waals surface area contributed by atoms with Gasteiger partial charge in [-0.3, -0.25) is 9.52 Å². The van der Waals surface area contributed by atoms with Crippen LogP contribution in [0.5, 0.6) is 0 Å². The second-order valence-corrected chi connectivity index (χ2v) is 9.00. The molecule has 5 nitrogen and oxygen atoms in total. The molecule has 0 atom stereocenters. The average molecular weight is 441 g/mol. The number of benzene rings is 3. The van der Waals surface area contributed by atoms with Crippen molar-refractivity contribution in [2.45, 2.75) is 18.7 Å². The van der Waals surface area contributed by atoms with E-state index in [0.717, 1.165) is 16.7 Å². The first-order chi connectivity index (χ1) is 14.2. The minimum atomic E-state index is -3.73. The van der Waals surface area contributed by atoms with E-state index in [-0.39, 0.29) is 10.8 Å². The van der Waals surface area contributed by atoms with Gasteiger partial charge >= 0.3 is 0 Å². The van der Waals surface area contributed by atoms with E-state index in [9.17, 15) is 13.2 Å². The molecule has 0 saturated heterocycles. The van der Waals surface area contributed by atoms with Gasteiger partial charge in [0.05, 0.1) is 4.90 Å². The molecule has 0 aliphatic carbocycles. The van der Waals surface area contributed by atoms with Crippen molar-refractivity contribution in [1.29, 1.82) is 0 Å². The Hall–Kier alpha value is -3.09. The normalized spacial score (nSPS) is 11.4. The van der Waals surface area contributed by atoms with Gasteiger partial charge in [-0.2, -0.15) is 0 Å². The Morgan fingerprint density at radius 2 is 1.47 bits per heavy atom. The van der Waals surface area contributed by atoms with E-state index in [0.29, 0.717) is 16.4 Å². The molecule has 3 aromatic carbocycles. The zero-order valence-corrected chi connectivity index (χ0v) is 18.1. The molecule has 0 aliphatic rings. The summed E-state index contributed by atoms with van der Waals surface area (Å²) in [5.74, 6) is -0.325. The molecule has 0 spiro atoms. The van der Waals surface area contributed by atoms with Gasteiger partial charge in [-0.1, -0.05) is 29.8 Å². The minimum Gasteiger partial charge on any atom is -0.323 e. The van der Waals surface area contributed by atoms with Crippen LogP contribution in [-0.2, 0) is 14.8 Å². The number of nitrogens with one attached hydrogen (secondary N) is 2. The van der Waals surface area contributed by atoms with E-state index in [1.54, 1.807) is 54.6 Å². The summed E-state index contributed by atoms with van der Waals surface area (Å²) >= 11 is 5.83. The molecular weight excluding hydrogens is 420 g/mol. The molecule has 0 aromatic heterocycles.